The summed E-state index contributed by atoms with van der Waals surface area (Å²) in [5, 5.41) is 2.54. The van der Waals surface area contributed by atoms with Crippen LogP contribution in [0.3, 0.4) is 0 Å². The molecule has 0 saturated heterocycles. The maximum absolute atomic E-state index is 3.84. The number of fused-ring (bicyclic) bond motifs is 9. The maximum atomic E-state index is 3.84. The van der Waals surface area contributed by atoms with E-state index in [1.807, 2.05) is 0 Å². The van der Waals surface area contributed by atoms with Gasteiger partial charge in [0.05, 0.1) is 16.9 Å². The molecule has 2 nitrogen and oxygen atoms in total. The SMILES string of the molecule is Cc1cc2c(c(N(c3ccccc3)c3c(C)c(C)c(-c4cccc5c4[nH]c4ccccc45)c4c3Cc3ccccc3-4)c1C)Cc1ccccc1-2. The largest absolute Gasteiger partial charge is 0.354 e. The summed E-state index contributed by atoms with van der Waals surface area (Å²) in [5.41, 5.74) is 25.3. The lowest BCUT2D eigenvalue weighted by Gasteiger charge is -2.34. The lowest BCUT2D eigenvalue weighted by Crippen LogP contribution is -2.18. The maximum Gasteiger partial charge on any atom is 0.0544 e. The summed E-state index contributed by atoms with van der Waals surface area (Å²) in [7, 11) is 0. The van der Waals surface area contributed by atoms with Crippen molar-refractivity contribution in [1.82, 2.24) is 4.98 Å². The molecule has 0 radical (unpaired) electrons. The van der Waals surface area contributed by atoms with Gasteiger partial charge in [0.2, 0.25) is 0 Å². The lowest BCUT2D eigenvalue weighted by molar-refractivity contribution is 1.12. The summed E-state index contributed by atoms with van der Waals surface area (Å²) in [6.07, 6.45) is 1.83. The Bertz CT molecular complexity index is 2690. The Hall–Kier alpha value is -5.86. The third-order valence-corrected chi connectivity index (χ3v) is 11.6. The van der Waals surface area contributed by atoms with Gasteiger partial charge in [-0.25, -0.2) is 0 Å². The first kappa shape index (κ1) is 29.1. The molecule has 1 heterocycles. The zero-order valence-corrected chi connectivity index (χ0v) is 29.0. The van der Waals surface area contributed by atoms with Gasteiger partial charge in [0.15, 0.2) is 0 Å². The minimum atomic E-state index is 0.897. The van der Waals surface area contributed by atoms with E-state index in [1.54, 1.807) is 0 Å². The van der Waals surface area contributed by atoms with E-state index in [1.165, 1.54) is 117 Å². The standard InChI is InChI=1S/C48H38N2/c1-28-25-40-35-19-10-8-15-32(35)26-41(40)47(29(28)2)50(34-17-6-5-7-18-34)48-31(4)30(3)44(45-36-20-11-9-16-33(36)27-42(45)48)39-23-14-22-38-37-21-12-13-24-43(37)49-46(38)39/h5-25,49H,26-27H2,1-4H3. The predicted molar refractivity (Wildman–Crippen MR) is 211 cm³/mol. The zero-order chi connectivity index (χ0) is 33.7. The fourth-order valence-corrected chi connectivity index (χ4v) is 9.10. The number of rotatable bonds is 4. The molecule has 240 valence electrons. The number of anilines is 3. The second-order valence-corrected chi connectivity index (χ2v) is 14.3. The van der Waals surface area contributed by atoms with Gasteiger partial charge in [0, 0.05) is 40.4 Å². The highest BCUT2D eigenvalue weighted by atomic mass is 15.2. The van der Waals surface area contributed by atoms with Crippen molar-refractivity contribution in [3.8, 4) is 33.4 Å². The van der Waals surface area contributed by atoms with Gasteiger partial charge in [0.25, 0.3) is 0 Å². The number of hydrogen-bond donors (Lipinski definition) is 1. The van der Waals surface area contributed by atoms with Gasteiger partial charge in [-0.05, 0) is 118 Å². The molecule has 10 rings (SSSR count). The van der Waals surface area contributed by atoms with E-state index in [9.17, 15) is 0 Å². The van der Waals surface area contributed by atoms with E-state index in [-0.39, 0.29) is 0 Å². The van der Waals surface area contributed by atoms with Gasteiger partial charge < -0.3 is 9.88 Å². The van der Waals surface area contributed by atoms with Gasteiger partial charge >= 0.3 is 0 Å². The first-order valence-electron chi connectivity index (χ1n) is 17.8. The molecule has 50 heavy (non-hydrogen) atoms. The van der Waals surface area contributed by atoms with Crippen molar-refractivity contribution in [1.29, 1.82) is 0 Å². The molecule has 0 atom stereocenters. The number of H-pyrrole nitrogens is 1. The van der Waals surface area contributed by atoms with E-state index in [4.69, 9.17) is 0 Å². The number of para-hydroxylation sites is 3. The first-order chi connectivity index (χ1) is 24.5. The highest BCUT2D eigenvalue weighted by molar-refractivity contribution is 6.14. The molecule has 0 fully saturated rings. The average Bonchev–Trinajstić information content (AvgIpc) is 3.84. The van der Waals surface area contributed by atoms with Crippen LogP contribution in [0.4, 0.5) is 17.1 Å². The molecule has 0 amide bonds. The normalized spacial score (nSPS) is 12.6. The highest BCUT2D eigenvalue weighted by Gasteiger charge is 2.35. The summed E-state index contributed by atoms with van der Waals surface area (Å²) < 4.78 is 0. The van der Waals surface area contributed by atoms with Crippen molar-refractivity contribution in [2.24, 2.45) is 0 Å². The molecule has 0 unspecified atom stereocenters. The molecule has 2 aliphatic carbocycles. The molecule has 1 N–H and O–H groups in total. The van der Waals surface area contributed by atoms with Gasteiger partial charge in [-0.2, -0.15) is 0 Å². The molecule has 2 heteroatoms. The summed E-state index contributed by atoms with van der Waals surface area (Å²) >= 11 is 0. The van der Waals surface area contributed by atoms with Crippen molar-refractivity contribution in [3.05, 3.63) is 172 Å². The van der Waals surface area contributed by atoms with E-state index in [2.05, 4.69) is 165 Å². The Morgan fingerprint density at radius 2 is 1.10 bits per heavy atom. The minimum Gasteiger partial charge on any atom is -0.354 e. The van der Waals surface area contributed by atoms with E-state index >= 15 is 0 Å². The lowest BCUT2D eigenvalue weighted by atomic mass is 9.84. The van der Waals surface area contributed by atoms with E-state index in [0.29, 0.717) is 0 Å². The quantitative estimate of drug-likeness (QED) is 0.202. The number of aromatic nitrogens is 1. The third-order valence-electron chi connectivity index (χ3n) is 11.6. The fourth-order valence-electron chi connectivity index (χ4n) is 9.10. The molecule has 0 bridgehead atoms. The molecule has 2 aliphatic rings. The number of aryl methyl sites for hydroxylation is 1. The number of nitrogens with one attached hydrogen (secondary N) is 1. The second-order valence-electron chi connectivity index (χ2n) is 14.3. The summed E-state index contributed by atoms with van der Waals surface area (Å²) in [6.45, 7) is 9.32. The molecule has 0 aliphatic heterocycles. The van der Waals surface area contributed by atoms with E-state index < -0.39 is 0 Å². The average molecular weight is 643 g/mol. The van der Waals surface area contributed by atoms with Gasteiger partial charge in [-0.15, -0.1) is 0 Å². The van der Waals surface area contributed by atoms with Crippen LogP contribution in [-0.4, -0.2) is 4.98 Å². The topological polar surface area (TPSA) is 19.0 Å². The first-order valence-corrected chi connectivity index (χ1v) is 17.8. The fraction of sp³-hybridized carbons (Fsp3) is 0.125. The smallest absolute Gasteiger partial charge is 0.0544 e. The minimum absolute atomic E-state index is 0.897. The van der Waals surface area contributed by atoms with Crippen LogP contribution in [0.15, 0.2) is 127 Å². The summed E-state index contributed by atoms with van der Waals surface area (Å²) in [5.74, 6) is 0. The number of nitrogens with zero attached hydrogens (tertiary/aromatic N) is 1. The highest BCUT2D eigenvalue weighted by Crippen LogP contribution is 2.56. The number of benzene rings is 7. The van der Waals surface area contributed by atoms with Gasteiger partial charge in [-0.3, -0.25) is 0 Å². The number of aromatic amines is 1. The molecule has 8 aromatic rings. The molecule has 7 aromatic carbocycles. The van der Waals surface area contributed by atoms with Crippen molar-refractivity contribution >= 4 is 38.9 Å². The second kappa shape index (κ2) is 10.8. The van der Waals surface area contributed by atoms with Crippen LogP contribution in [0.5, 0.6) is 0 Å². The summed E-state index contributed by atoms with van der Waals surface area (Å²) in [6, 6.07) is 47.1. The van der Waals surface area contributed by atoms with Crippen molar-refractivity contribution < 1.29 is 0 Å². The van der Waals surface area contributed by atoms with Crippen molar-refractivity contribution in [3.63, 3.8) is 0 Å². The Morgan fingerprint density at radius 3 is 1.92 bits per heavy atom. The monoisotopic (exact) mass is 642 g/mol. The van der Waals surface area contributed by atoms with Gasteiger partial charge in [-0.1, -0.05) is 109 Å². The van der Waals surface area contributed by atoms with Crippen LogP contribution in [0.1, 0.15) is 44.5 Å². The van der Waals surface area contributed by atoms with Crippen LogP contribution in [-0.2, 0) is 12.8 Å². The van der Waals surface area contributed by atoms with Crippen LogP contribution in [0, 0.1) is 27.7 Å². The molecule has 1 aromatic heterocycles. The predicted octanol–water partition coefficient (Wildman–Crippen LogP) is 12.8. The molecule has 0 saturated carbocycles. The van der Waals surface area contributed by atoms with E-state index in [0.717, 1.165) is 12.8 Å². The third kappa shape index (κ3) is 4.02. The zero-order valence-electron chi connectivity index (χ0n) is 29.0. The summed E-state index contributed by atoms with van der Waals surface area (Å²) in [4.78, 5) is 6.47. The van der Waals surface area contributed by atoms with Crippen molar-refractivity contribution in [2.45, 2.75) is 40.5 Å². The van der Waals surface area contributed by atoms with Crippen LogP contribution in [0.2, 0.25) is 0 Å². The van der Waals surface area contributed by atoms with Crippen LogP contribution >= 0.6 is 0 Å². The molecular weight excluding hydrogens is 605 g/mol. The Morgan fingerprint density at radius 1 is 0.480 bits per heavy atom. The van der Waals surface area contributed by atoms with Crippen LogP contribution < -0.4 is 4.90 Å². The Kier molecular flexibility index (Phi) is 6.30. The Labute approximate surface area is 293 Å². The van der Waals surface area contributed by atoms with Crippen LogP contribution in [0.25, 0.3) is 55.2 Å². The molecular formula is C48H38N2. The molecule has 0 spiro atoms. The number of hydrogen-bond acceptors (Lipinski definition) is 1. The van der Waals surface area contributed by atoms with Crippen molar-refractivity contribution in [2.75, 3.05) is 4.90 Å². The Balaban J connectivity index is 1.32. The van der Waals surface area contributed by atoms with Gasteiger partial charge in [0.1, 0.15) is 0 Å².